The molecule has 29 heavy (non-hydrogen) atoms. The molecule has 148 valence electrons. The van der Waals surface area contributed by atoms with E-state index in [9.17, 15) is 0 Å². The number of likely N-dealkylation sites (tertiary alicyclic amines) is 1. The second-order valence-corrected chi connectivity index (χ2v) is 8.06. The number of ether oxygens (including phenoxy) is 1. The smallest absolute Gasteiger partial charge is 0.143 e. The molecule has 1 fully saturated rings. The van der Waals surface area contributed by atoms with Crippen LogP contribution in [0, 0.1) is 0 Å². The molecule has 0 aliphatic carbocycles. The van der Waals surface area contributed by atoms with Crippen molar-refractivity contribution in [2.45, 2.75) is 31.9 Å². The lowest BCUT2D eigenvalue weighted by Crippen LogP contribution is -2.39. The first kappa shape index (κ1) is 18.3. The zero-order valence-electron chi connectivity index (χ0n) is 16.8. The molecule has 1 saturated heterocycles. The fourth-order valence-electron chi connectivity index (χ4n) is 4.70. The number of benzene rings is 3. The minimum Gasteiger partial charge on any atom is -0.487 e. The summed E-state index contributed by atoms with van der Waals surface area (Å²) in [5, 5.41) is 0. The van der Waals surface area contributed by atoms with Crippen LogP contribution in [0.25, 0.3) is 0 Å². The molecule has 2 aliphatic rings. The first-order valence-electron chi connectivity index (χ1n) is 10.7. The van der Waals surface area contributed by atoms with Crippen LogP contribution >= 0.6 is 0 Å². The van der Waals surface area contributed by atoms with E-state index in [1.54, 1.807) is 0 Å². The summed E-state index contributed by atoms with van der Waals surface area (Å²) in [6.07, 6.45) is 3.66. The third-order valence-electron chi connectivity index (χ3n) is 6.24. The van der Waals surface area contributed by atoms with Gasteiger partial charge in [0.2, 0.25) is 0 Å². The maximum atomic E-state index is 6.15. The van der Waals surface area contributed by atoms with E-state index in [-0.39, 0.29) is 0 Å². The van der Waals surface area contributed by atoms with Gasteiger partial charge >= 0.3 is 0 Å². The van der Waals surface area contributed by atoms with Crippen LogP contribution in [0.4, 0.5) is 11.4 Å². The van der Waals surface area contributed by atoms with Crippen molar-refractivity contribution in [1.29, 1.82) is 0 Å². The highest BCUT2D eigenvalue weighted by atomic mass is 16.5. The predicted octanol–water partition coefficient (Wildman–Crippen LogP) is 5.42. The molecule has 1 atom stereocenters. The highest BCUT2D eigenvalue weighted by Gasteiger charge is 2.29. The van der Waals surface area contributed by atoms with Crippen molar-refractivity contribution in [3.05, 3.63) is 90.0 Å². The van der Waals surface area contributed by atoms with Crippen LogP contribution in [-0.2, 0) is 13.0 Å². The van der Waals surface area contributed by atoms with E-state index >= 15 is 0 Å². The van der Waals surface area contributed by atoms with Crippen LogP contribution in [0.3, 0.4) is 0 Å². The number of hydrogen-bond donors (Lipinski definition) is 0. The van der Waals surface area contributed by atoms with Gasteiger partial charge in [0.15, 0.2) is 0 Å². The maximum absolute atomic E-state index is 6.15. The molecule has 0 amide bonds. The van der Waals surface area contributed by atoms with Gasteiger partial charge in [0.05, 0.1) is 5.69 Å². The van der Waals surface area contributed by atoms with Crippen molar-refractivity contribution < 1.29 is 4.74 Å². The van der Waals surface area contributed by atoms with Crippen LogP contribution in [0.1, 0.15) is 24.0 Å². The zero-order valence-corrected chi connectivity index (χ0v) is 16.8. The highest BCUT2D eigenvalue weighted by molar-refractivity contribution is 5.72. The Hall–Kier alpha value is -2.78. The number of para-hydroxylation sites is 3. The Morgan fingerprint density at radius 2 is 1.59 bits per heavy atom. The monoisotopic (exact) mass is 384 g/mol. The van der Waals surface area contributed by atoms with Gasteiger partial charge in [0.1, 0.15) is 12.4 Å². The summed E-state index contributed by atoms with van der Waals surface area (Å²) in [6.45, 7) is 3.96. The molecule has 0 N–H and O–H groups in total. The third-order valence-corrected chi connectivity index (χ3v) is 6.24. The van der Waals surface area contributed by atoms with Crippen molar-refractivity contribution in [3.8, 4) is 5.75 Å². The van der Waals surface area contributed by atoms with Gasteiger partial charge < -0.3 is 9.64 Å². The number of nitrogens with zero attached hydrogens (tertiary/aromatic N) is 2. The molecular formula is C26H28N2O. The minimum atomic E-state index is 0.568. The molecule has 3 heteroatoms. The molecule has 3 aromatic rings. The van der Waals surface area contributed by atoms with Gasteiger partial charge in [-0.25, -0.2) is 0 Å². The van der Waals surface area contributed by atoms with Gasteiger partial charge in [-0.15, -0.1) is 0 Å². The number of rotatable bonds is 5. The SMILES string of the molecule is c1ccc(CCN2CCCC2CN2c3ccccc3COc3ccccc32)cc1. The molecule has 0 saturated carbocycles. The average Bonchev–Trinajstić information content (AvgIpc) is 3.16. The molecular weight excluding hydrogens is 356 g/mol. The maximum Gasteiger partial charge on any atom is 0.143 e. The topological polar surface area (TPSA) is 15.7 Å². The summed E-state index contributed by atoms with van der Waals surface area (Å²) in [5.74, 6) is 0.984. The standard InChI is InChI=1S/C26H28N2O/c1-2-9-21(10-3-1)16-18-27-17-8-12-23(27)19-28-24-13-5-4-11-22(24)20-29-26-15-7-6-14-25(26)28/h1-7,9-11,13-15,23H,8,12,16-20H2. The van der Waals surface area contributed by atoms with E-state index in [1.165, 1.54) is 41.9 Å². The van der Waals surface area contributed by atoms with Crippen molar-refractivity contribution >= 4 is 11.4 Å². The molecule has 2 heterocycles. The number of anilines is 2. The Kier molecular flexibility index (Phi) is 5.23. The van der Waals surface area contributed by atoms with Gasteiger partial charge in [-0.1, -0.05) is 60.7 Å². The predicted molar refractivity (Wildman–Crippen MR) is 119 cm³/mol. The lowest BCUT2D eigenvalue weighted by molar-refractivity contribution is 0.261. The van der Waals surface area contributed by atoms with Crippen LogP contribution in [0.15, 0.2) is 78.9 Å². The fraction of sp³-hybridized carbons (Fsp3) is 0.308. The van der Waals surface area contributed by atoms with Crippen LogP contribution in [0.2, 0.25) is 0 Å². The Morgan fingerprint density at radius 3 is 2.48 bits per heavy atom. The van der Waals surface area contributed by atoms with Crippen molar-refractivity contribution in [2.75, 3.05) is 24.5 Å². The lowest BCUT2D eigenvalue weighted by Gasteiger charge is -2.32. The second-order valence-electron chi connectivity index (χ2n) is 8.06. The largest absolute Gasteiger partial charge is 0.487 e. The van der Waals surface area contributed by atoms with Gasteiger partial charge in [0.25, 0.3) is 0 Å². The molecule has 3 nitrogen and oxygen atoms in total. The summed E-state index contributed by atoms with van der Waals surface area (Å²) in [4.78, 5) is 5.17. The first-order chi connectivity index (χ1) is 14.4. The second kappa shape index (κ2) is 8.30. The van der Waals surface area contributed by atoms with Crippen molar-refractivity contribution in [1.82, 2.24) is 4.90 Å². The highest BCUT2D eigenvalue weighted by Crippen LogP contribution is 2.40. The third kappa shape index (κ3) is 3.88. The summed E-state index contributed by atoms with van der Waals surface area (Å²) in [5.41, 5.74) is 5.16. The van der Waals surface area contributed by atoms with Crippen molar-refractivity contribution in [3.63, 3.8) is 0 Å². The Bertz CT molecular complexity index is 908. The quantitative estimate of drug-likeness (QED) is 0.584. The zero-order chi connectivity index (χ0) is 19.5. The average molecular weight is 385 g/mol. The van der Waals surface area contributed by atoms with E-state index in [4.69, 9.17) is 4.74 Å². The summed E-state index contributed by atoms with van der Waals surface area (Å²) in [6, 6.07) is 28.6. The molecule has 0 aromatic heterocycles. The van der Waals surface area contributed by atoms with Crippen LogP contribution < -0.4 is 9.64 Å². The summed E-state index contributed by atoms with van der Waals surface area (Å²) in [7, 11) is 0. The first-order valence-corrected chi connectivity index (χ1v) is 10.7. The molecule has 5 rings (SSSR count). The molecule has 0 spiro atoms. The summed E-state index contributed by atoms with van der Waals surface area (Å²) < 4.78 is 6.15. The van der Waals surface area contributed by atoms with Crippen molar-refractivity contribution in [2.24, 2.45) is 0 Å². The number of fused-ring (bicyclic) bond motifs is 2. The van der Waals surface area contributed by atoms with Gasteiger partial charge in [-0.3, -0.25) is 4.90 Å². The van der Waals surface area contributed by atoms with Crippen LogP contribution in [0.5, 0.6) is 5.75 Å². The van der Waals surface area contributed by atoms with E-state index in [0.717, 1.165) is 25.3 Å². The molecule has 3 aromatic carbocycles. The summed E-state index contributed by atoms with van der Waals surface area (Å²) >= 11 is 0. The van der Waals surface area contributed by atoms with E-state index in [1.807, 2.05) is 0 Å². The van der Waals surface area contributed by atoms with E-state index < -0.39 is 0 Å². The van der Waals surface area contributed by atoms with Gasteiger partial charge in [0, 0.05) is 30.4 Å². The Balaban J connectivity index is 1.39. The van der Waals surface area contributed by atoms with E-state index in [0.29, 0.717) is 12.6 Å². The Labute approximate surface area is 173 Å². The molecule has 0 radical (unpaired) electrons. The minimum absolute atomic E-state index is 0.568. The fourth-order valence-corrected chi connectivity index (χ4v) is 4.70. The van der Waals surface area contributed by atoms with Gasteiger partial charge in [-0.2, -0.15) is 0 Å². The van der Waals surface area contributed by atoms with Crippen LogP contribution in [-0.4, -0.2) is 30.6 Å². The normalized spacial score (nSPS) is 18.6. The molecule has 0 bridgehead atoms. The number of hydrogen-bond acceptors (Lipinski definition) is 3. The molecule has 2 aliphatic heterocycles. The molecule has 1 unspecified atom stereocenters. The van der Waals surface area contributed by atoms with E-state index in [2.05, 4.69) is 88.7 Å². The lowest BCUT2D eigenvalue weighted by atomic mass is 10.1. The van der Waals surface area contributed by atoms with Gasteiger partial charge in [-0.05, 0) is 49.6 Å². The Morgan fingerprint density at radius 1 is 0.828 bits per heavy atom.